The fourth-order valence-electron chi connectivity index (χ4n) is 1.41. The van der Waals surface area contributed by atoms with E-state index in [9.17, 15) is 18.0 Å². The number of carbonyl (C=O) groups excluding carboxylic acids is 1. The minimum atomic E-state index is -4.40. The third kappa shape index (κ3) is 4.16. The second kappa shape index (κ2) is 5.77. The van der Waals surface area contributed by atoms with Crippen LogP contribution in [0.25, 0.3) is 0 Å². The lowest BCUT2D eigenvalue weighted by Crippen LogP contribution is -2.19. The molecule has 2 aromatic heterocycles. The smallest absolute Gasteiger partial charge is 0.408 e. The number of halogens is 3. The molecule has 0 atom stereocenters. The van der Waals surface area contributed by atoms with Crippen LogP contribution in [0.2, 0.25) is 0 Å². The van der Waals surface area contributed by atoms with E-state index in [1.807, 2.05) is 0 Å². The highest BCUT2D eigenvalue weighted by Gasteiger charge is 2.28. The molecule has 0 radical (unpaired) electrons. The predicted molar refractivity (Wildman–Crippen MR) is 64.8 cm³/mol. The zero-order chi connectivity index (χ0) is 15.5. The number of nitrogens with one attached hydrogen (secondary N) is 1. The maximum absolute atomic E-state index is 12.2. The largest absolute Gasteiger partial charge is 0.494 e. The quantitative estimate of drug-likeness (QED) is 0.925. The van der Waals surface area contributed by atoms with Gasteiger partial charge in [-0.05, 0) is 6.07 Å². The van der Waals surface area contributed by atoms with Crippen LogP contribution in [-0.4, -0.2) is 38.9 Å². The van der Waals surface area contributed by atoms with Gasteiger partial charge in [-0.15, -0.1) is 0 Å². The molecule has 21 heavy (non-hydrogen) atoms. The Morgan fingerprint density at radius 1 is 1.38 bits per heavy atom. The standard InChI is InChI=1S/C11H10F3N5O2/c1-21-7-4-15-10(16-5-7)17-9(20)8-2-3-19(18-8)6-11(12,13)14/h2-5H,6H2,1H3,(H,15,16,17,20). The lowest BCUT2D eigenvalue weighted by molar-refractivity contribution is -0.142. The van der Waals surface area contributed by atoms with E-state index in [2.05, 4.69) is 20.4 Å². The van der Waals surface area contributed by atoms with Gasteiger partial charge in [-0.2, -0.15) is 18.3 Å². The van der Waals surface area contributed by atoms with Crippen LogP contribution in [0.1, 0.15) is 10.5 Å². The fraction of sp³-hybridized carbons (Fsp3) is 0.273. The van der Waals surface area contributed by atoms with Crippen molar-refractivity contribution in [2.24, 2.45) is 0 Å². The molecule has 0 unspecified atom stereocenters. The van der Waals surface area contributed by atoms with Gasteiger partial charge in [-0.25, -0.2) is 9.97 Å². The number of hydrogen-bond acceptors (Lipinski definition) is 5. The molecule has 7 nitrogen and oxygen atoms in total. The third-order valence-electron chi connectivity index (χ3n) is 2.30. The van der Waals surface area contributed by atoms with Crippen molar-refractivity contribution in [1.82, 2.24) is 19.7 Å². The first kappa shape index (κ1) is 14.8. The summed E-state index contributed by atoms with van der Waals surface area (Å²) in [6.45, 7) is -1.26. The Morgan fingerprint density at radius 3 is 2.62 bits per heavy atom. The Hall–Kier alpha value is -2.65. The molecule has 0 aromatic carbocycles. The summed E-state index contributed by atoms with van der Waals surface area (Å²) >= 11 is 0. The van der Waals surface area contributed by atoms with Gasteiger partial charge < -0.3 is 4.74 Å². The van der Waals surface area contributed by atoms with Gasteiger partial charge in [0.05, 0.1) is 19.5 Å². The first-order valence-corrected chi connectivity index (χ1v) is 5.65. The minimum absolute atomic E-state index is 0.00817. The summed E-state index contributed by atoms with van der Waals surface area (Å²) in [6, 6.07) is 1.17. The highest BCUT2D eigenvalue weighted by Crippen LogP contribution is 2.17. The third-order valence-corrected chi connectivity index (χ3v) is 2.30. The van der Waals surface area contributed by atoms with Crippen LogP contribution >= 0.6 is 0 Å². The number of aromatic nitrogens is 4. The summed E-state index contributed by atoms with van der Waals surface area (Å²) < 4.78 is 42.0. The maximum Gasteiger partial charge on any atom is 0.408 e. The van der Waals surface area contributed by atoms with Crippen LogP contribution in [0.3, 0.4) is 0 Å². The molecule has 0 aliphatic carbocycles. The van der Waals surface area contributed by atoms with Crippen molar-refractivity contribution in [3.8, 4) is 5.75 Å². The van der Waals surface area contributed by atoms with Gasteiger partial charge >= 0.3 is 6.18 Å². The van der Waals surface area contributed by atoms with Gasteiger partial charge in [0, 0.05) is 6.20 Å². The summed E-state index contributed by atoms with van der Waals surface area (Å²) in [5.41, 5.74) is -0.168. The van der Waals surface area contributed by atoms with Crippen molar-refractivity contribution >= 4 is 11.9 Å². The average molecular weight is 301 g/mol. The van der Waals surface area contributed by atoms with Crippen molar-refractivity contribution in [3.05, 3.63) is 30.4 Å². The van der Waals surface area contributed by atoms with Crippen LogP contribution in [-0.2, 0) is 6.54 Å². The summed E-state index contributed by atoms with van der Waals surface area (Å²) in [4.78, 5) is 19.4. The number of hydrogen-bond donors (Lipinski definition) is 1. The monoisotopic (exact) mass is 301 g/mol. The van der Waals surface area contributed by atoms with Crippen molar-refractivity contribution in [1.29, 1.82) is 0 Å². The highest BCUT2D eigenvalue weighted by atomic mass is 19.4. The lowest BCUT2D eigenvalue weighted by Gasteiger charge is -2.05. The van der Waals surface area contributed by atoms with E-state index < -0.39 is 18.6 Å². The molecule has 0 aliphatic heterocycles. The minimum Gasteiger partial charge on any atom is -0.494 e. The Kier molecular flexibility index (Phi) is 4.05. The van der Waals surface area contributed by atoms with Crippen LogP contribution < -0.4 is 10.1 Å². The number of nitrogens with zero attached hydrogens (tertiary/aromatic N) is 4. The van der Waals surface area contributed by atoms with Gasteiger partial charge in [0.25, 0.3) is 5.91 Å². The first-order valence-electron chi connectivity index (χ1n) is 5.65. The summed E-state index contributed by atoms with van der Waals surface area (Å²) in [6.07, 6.45) is -0.661. The first-order chi connectivity index (χ1) is 9.87. The van der Waals surface area contributed by atoms with Crippen LogP contribution in [0.4, 0.5) is 19.1 Å². The van der Waals surface area contributed by atoms with Gasteiger partial charge in [-0.1, -0.05) is 0 Å². The van der Waals surface area contributed by atoms with Crippen molar-refractivity contribution < 1.29 is 22.7 Å². The molecule has 0 saturated carbocycles. The molecule has 0 fully saturated rings. The predicted octanol–water partition coefficient (Wildman–Crippen LogP) is 1.50. The normalized spacial score (nSPS) is 11.2. The van der Waals surface area contributed by atoms with Crippen molar-refractivity contribution in [3.63, 3.8) is 0 Å². The zero-order valence-electron chi connectivity index (χ0n) is 10.8. The second-order valence-corrected chi connectivity index (χ2v) is 3.91. The molecule has 112 valence electrons. The molecule has 0 aliphatic rings. The molecule has 2 heterocycles. The zero-order valence-corrected chi connectivity index (χ0v) is 10.8. The Labute approximate surface area is 116 Å². The van der Waals surface area contributed by atoms with E-state index in [0.29, 0.717) is 10.4 Å². The molecule has 1 amide bonds. The van der Waals surface area contributed by atoms with Crippen LogP contribution in [0, 0.1) is 0 Å². The molecular formula is C11H10F3N5O2. The Morgan fingerprint density at radius 2 is 2.05 bits per heavy atom. The molecule has 1 N–H and O–H groups in total. The highest BCUT2D eigenvalue weighted by molar-refractivity contribution is 6.01. The van der Waals surface area contributed by atoms with E-state index >= 15 is 0 Å². The van der Waals surface area contributed by atoms with Crippen molar-refractivity contribution in [2.45, 2.75) is 12.7 Å². The lowest BCUT2D eigenvalue weighted by atomic mass is 10.4. The summed E-state index contributed by atoms with van der Waals surface area (Å²) in [5.74, 6) is -0.310. The Balaban J connectivity index is 2.03. The Bertz CT molecular complexity index is 624. The molecule has 0 saturated heterocycles. The van der Waals surface area contributed by atoms with E-state index in [1.54, 1.807) is 0 Å². The molecule has 2 rings (SSSR count). The van der Waals surface area contributed by atoms with E-state index in [0.717, 1.165) is 6.20 Å². The van der Waals surface area contributed by atoms with Gasteiger partial charge in [0.2, 0.25) is 5.95 Å². The summed E-state index contributed by atoms with van der Waals surface area (Å²) in [5, 5.41) is 5.84. The fourth-order valence-corrected chi connectivity index (χ4v) is 1.41. The average Bonchev–Trinajstić information content (AvgIpc) is 2.86. The number of methoxy groups -OCH3 is 1. The number of anilines is 1. The SMILES string of the molecule is COc1cnc(NC(=O)c2ccn(CC(F)(F)F)n2)nc1. The van der Waals surface area contributed by atoms with E-state index in [4.69, 9.17) is 4.74 Å². The molecule has 0 spiro atoms. The van der Waals surface area contributed by atoms with Crippen molar-refractivity contribution in [2.75, 3.05) is 12.4 Å². The molecule has 2 aromatic rings. The summed E-state index contributed by atoms with van der Waals surface area (Å²) in [7, 11) is 1.43. The number of carbonyl (C=O) groups is 1. The maximum atomic E-state index is 12.2. The number of ether oxygens (including phenoxy) is 1. The van der Waals surface area contributed by atoms with Crippen LogP contribution in [0.15, 0.2) is 24.7 Å². The molecule has 10 heteroatoms. The number of alkyl halides is 3. The number of rotatable bonds is 4. The van der Waals surface area contributed by atoms with Crippen LogP contribution in [0.5, 0.6) is 5.75 Å². The van der Waals surface area contributed by atoms with Gasteiger partial charge in [0.15, 0.2) is 11.4 Å². The topological polar surface area (TPSA) is 81.9 Å². The van der Waals surface area contributed by atoms with E-state index in [-0.39, 0.29) is 11.6 Å². The van der Waals surface area contributed by atoms with E-state index in [1.165, 1.54) is 25.6 Å². The number of amides is 1. The van der Waals surface area contributed by atoms with Gasteiger partial charge in [-0.3, -0.25) is 14.8 Å². The molecular weight excluding hydrogens is 291 g/mol. The molecule has 0 bridgehead atoms. The van der Waals surface area contributed by atoms with Gasteiger partial charge in [0.1, 0.15) is 6.54 Å². The second-order valence-electron chi connectivity index (χ2n) is 3.91.